The van der Waals surface area contributed by atoms with Crippen LogP contribution in [0.4, 0.5) is 10.6 Å². The van der Waals surface area contributed by atoms with Crippen LogP contribution >= 0.6 is 0 Å². The summed E-state index contributed by atoms with van der Waals surface area (Å²) in [6.45, 7) is 2.03. The van der Waals surface area contributed by atoms with E-state index in [1.54, 1.807) is 42.5 Å². The number of nitrogens with zero attached hydrogens (tertiary/aromatic N) is 3. The number of benzene rings is 2. The molecule has 1 fully saturated rings. The normalized spacial score (nSPS) is 18.8. The fourth-order valence-corrected chi connectivity index (χ4v) is 5.19. The van der Waals surface area contributed by atoms with Crippen molar-refractivity contribution in [2.24, 2.45) is 0 Å². The molecule has 13 nitrogen and oxygen atoms in total. The number of ether oxygens (including phenoxy) is 4. The maximum atomic E-state index is 13.4. The van der Waals surface area contributed by atoms with Crippen LogP contribution < -0.4 is 30.3 Å². The number of aromatic nitrogens is 1. The van der Waals surface area contributed by atoms with Crippen LogP contribution in [0, 0.1) is 0 Å². The zero-order chi connectivity index (χ0) is 32.5. The topological polar surface area (TPSA) is 144 Å². The third kappa shape index (κ3) is 8.64. The zero-order valence-electron chi connectivity index (χ0n) is 26.3. The Balaban J connectivity index is 1.35. The summed E-state index contributed by atoms with van der Waals surface area (Å²) in [4.78, 5) is 47.2. The number of fused-ring (bicyclic) bond motifs is 5. The van der Waals surface area contributed by atoms with Gasteiger partial charge in [-0.2, -0.15) is 0 Å². The van der Waals surface area contributed by atoms with Crippen LogP contribution in [0.2, 0.25) is 0 Å². The minimum atomic E-state index is -0.482. The Kier molecular flexibility index (Phi) is 10.9. The molecule has 0 saturated carbocycles. The second kappa shape index (κ2) is 15.4. The molecule has 3 aromatic rings. The van der Waals surface area contributed by atoms with Gasteiger partial charge in [-0.05, 0) is 48.4 Å². The van der Waals surface area contributed by atoms with Gasteiger partial charge in [-0.15, -0.1) is 0 Å². The van der Waals surface area contributed by atoms with E-state index < -0.39 is 6.10 Å². The zero-order valence-corrected chi connectivity index (χ0v) is 26.3. The molecule has 4 bridgehead atoms. The van der Waals surface area contributed by atoms with E-state index in [1.807, 2.05) is 49.3 Å². The van der Waals surface area contributed by atoms with Gasteiger partial charge in [0.1, 0.15) is 29.7 Å². The Bertz CT molecular complexity index is 1520. The molecule has 1 aromatic heterocycles. The van der Waals surface area contributed by atoms with Crippen LogP contribution in [0.3, 0.4) is 0 Å². The molecule has 0 unspecified atom stereocenters. The highest BCUT2D eigenvalue weighted by molar-refractivity contribution is 5.95. The van der Waals surface area contributed by atoms with Crippen molar-refractivity contribution in [3.8, 4) is 17.2 Å². The van der Waals surface area contributed by atoms with Crippen LogP contribution in [0.25, 0.3) is 0 Å². The van der Waals surface area contributed by atoms with Gasteiger partial charge in [0, 0.05) is 65.2 Å². The van der Waals surface area contributed by atoms with Gasteiger partial charge in [-0.3, -0.25) is 9.59 Å². The van der Waals surface area contributed by atoms with Gasteiger partial charge in [0.05, 0.1) is 30.9 Å². The average Bonchev–Trinajstić information content (AvgIpc) is 3.05. The maximum Gasteiger partial charge on any atom is 0.315 e. The third-order valence-electron chi connectivity index (χ3n) is 7.61. The van der Waals surface area contributed by atoms with E-state index in [0.29, 0.717) is 54.6 Å². The first kappa shape index (κ1) is 32.5. The Morgan fingerprint density at radius 1 is 1.04 bits per heavy atom. The summed E-state index contributed by atoms with van der Waals surface area (Å²) in [6, 6.07) is 15.2. The number of anilines is 1. The highest BCUT2D eigenvalue weighted by Gasteiger charge is 2.34. The number of pyridine rings is 1. The van der Waals surface area contributed by atoms with E-state index in [-0.39, 0.29) is 50.1 Å². The summed E-state index contributed by atoms with van der Waals surface area (Å²) in [5.74, 6) is 1.70. The molecule has 46 heavy (non-hydrogen) atoms. The fraction of sp³-hybridized carbons (Fsp3) is 0.394. The predicted molar refractivity (Wildman–Crippen MR) is 171 cm³/mol. The Morgan fingerprint density at radius 2 is 1.89 bits per heavy atom. The first-order valence-corrected chi connectivity index (χ1v) is 15.2. The number of nitrogens with one attached hydrogen (secondary N) is 3. The van der Waals surface area contributed by atoms with Crippen molar-refractivity contribution in [1.29, 1.82) is 0 Å². The van der Waals surface area contributed by atoms with Crippen LogP contribution in [0.15, 0.2) is 60.8 Å². The van der Waals surface area contributed by atoms with E-state index in [2.05, 4.69) is 20.9 Å². The number of rotatable bonds is 6. The summed E-state index contributed by atoms with van der Waals surface area (Å²) in [5.41, 5.74) is 1.67. The maximum absolute atomic E-state index is 13.4. The molecule has 4 amide bonds. The van der Waals surface area contributed by atoms with E-state index in [4.69, 9.17) is 18.9 Å². The molecular weight excluding hydrogens is 592 g/mol. The summed E-state index contributed by atoms with van der Waals surface area (Å²) >= 11 is 0. The van der Waals surface area contributed by atoms with Crippen LogP contribution in [-0.2, 0) is 16.1 Å². The molecular formula is C33H40N6O7. The van der Waals surface area contributed by atoms with Crippen LogP contribution in [0.1, 0.15) is 32.7 Å². The van der Waals surface area contributed by atoms with Crippen molar-refractivity contribution in [2.75, 3.05) is 65.5 Å². The Labute approximate surface area is 268 Å². The van der Waals surface area contributed by atoms with Gasteiger partial charge in [0.15, 0.2) is 0 Å². The lowest BCUT2D eigenvalue weighted by Crippen LogP contribution is -2.58. The van der Waals surface area contributed by atoms with Crippen molar-refractivity contribution in [2.45, 2.75) is 25.2 Å². The minimum absolute atomic E-state index is 0.150. The van der Waals surface area contributed by atoms with Crippen molar-refractivity contribution in [3.05, 3.63) is 77.5 Å². The fourth-order valence-electron chi connectivity index (χ4n) is 5.19. The largest absolute Gasteiger partial charge is 0.491 e. The van der Waals surface area contributed by atoms with Gasteiger partial charge in [-0.1, -0.05) is 12.1 Å². The Morgan fingerprint density at radius 3 is 2.67 bits per heavy atom. The molecule has 5 rings (SSSR count). The SMILES string of the molecule is COCCOc1cc2cc(c1)C(=O)NCCNC(=O)N[C@H]1CCN(C(=O)c3ccc(N(C)C)nc3)C[C@@H]1OCc1cccc(c1)O2. The molecule has 0 spiro atoms. The van der Waals surface area contributed by atoms with E-state index >= 15 is 0 Å². The first-order chi connectivity index (χ1) is 22.3. The number of urea groups is 1. The smallest absolute Gasteiger partial charge is 0.315 e. The van der Waals surface area contributed by atoms with Crippen molar-refractivity contribution >= 4 is 23.7 Å². The molecule has 2 aliphatic rings. The van der Waals surface area contributed by atoms with E-state index in [1.165, 1.54) is 0 Å². The molecule has 244 valence electrons. The molecule has 3 heterocycles. The lowest BCUT2D eigenvalue weighted by atomic mass is 10.0. The van der Waals surface area contributed by atoms with Gasteiger partial charge >= 0.3 is 6.03 Å². The lowest BCUT2D eigenvalue weighted by molar-refractivity contribution is -0.0235. The second-order valence-electron chi connectivity index (χ2n) is 11.2. The number of carbonyl (C=O) groups is 3. The first-order valence-electron chi connectivity index (χ1n) is 15.2. The van der Waals surface area contributed by atoms with Crippen LogP contribution in [-0.4, -0.2) is 100 Å². The monoisotopic (exact) mass is 632 g/mol. The van der Waals surface area contributed by atoms with Crippen molar-refractivity contribution < 1.29 is 33.3 Å². The van der Waals surface area contributed by atoms with E-state index in [9.17, 15) is 14.4 Å². The quantitative estimate of drug-likeness (QED) is 0.350. The van der Waals surface area contributed by atoms with Gasteiger partial charge in [0.2, 0.25) is 0 Å². The molecule has 0 aliphatic carbocycles. The van der Waals surface area contributed by atoms with Crippen molar-refractivity contribution in [1.82, 2.24) is 25.8 Å². The lowest BCUT2D eigenvalue weighted by Gasteiger charge is -2.38. The number of methoxy groups -OCH3 is 1. The molecule has 2 atom stereocenters. The summed E-state index contributed by atoms with van der Waals surface area (Å²) in [5, 5.41) is 8.62. The molecule has 2 aromatic carbocycles. The van der Waals surface area contributed by atoms with Crippen LogP contribution in [0.5, 0.6) is 17.2 Å². The number of likely N-dealkylation sites (tertiary alicyclic amines) is 1. The number of hydrogen-bond donors (Lipinski definition) is 3. The summed E-state index contributed by atoms with van der Waals surface area (Å²) in [7, 11) is 5.36. The molecule has 2 aliphatic heterocycles. The van der Waals surface area contributed by atoms with Gasteiger partial charge in [-0.25, -0.2) is 9.78 Å². The number of carbonyl (C=O) groups excluding carboxylic acids is 3. The average molecular weight is 633 g/mol. The van der Waals surface area contributed by atoms with Gasteiger partial charge < -0.3 is 44.7 Å². The summed E-state index contributed by atoms with van der Waals surface area (Å²) in [6.07, 6.45) is 1.59. The van der Waals surface area contributed by atoms with Crippen molar-refractivity contribution in [3.63, 3.8) is 0 Å². The minimum Gasteiger partial charge on any atom is -0.491 e. The highest BCUT2D eigenvalue weighted by Crippen LogP contribution is 2.29. The highest BCUT2D eigenvalue weighted by atomic mass is 16.5. The number of piperidine rings is 1. The van der Waals surface area contributed by atoms with Gasteiger partial charge in [0.25, 0.3) is 11.8 Å². The van der Waals surface area contributed by atoms with E-state index in [0.717, 1.165) is 11.4 Å². The summed E-state index contributed by atoms with van der Waals surface area (Å²) < 4.78 is 23.4. The number of amides is 4. The molecule has 0 radical (unpaired) electrons. The number of hydrogen-bond acceptors (Lipinski definition) is 9. The molecule has 3 N–H and O–H groups in total. The third-order valence-corrected chi connectivity index (χ3v) is 7.61. The predicted octanol–water partition coefficient (Wildman–Crippen LogP) is 2.81. The molecule has 13 heteroatoms. The standard InChI is InChI=1S/C33H40N6O7/c1-38(2)30-8-7-23(19-36-30)32(41)39-12-9-28-29(20-39)45-21-22-5-4-6-25(15-22)46-27-17-24(16-26(18-27)44-14-13-43-3)31(40)34-10-11-35-33(42)37-28/h4-8,15-19,28-29H,9-14,20-21H2,1-3H3,(H,34,40)(H2,35,37,42)/t28-,29-/m0/s1. The molecule has 1 saturated heterocycles. The Hall–Kier alpha value is -4.88. The second-order valence-corrected chi connectivity index (χ2v) is 11.2.